The van der Waals surface area contributed by atoms with Crippen LogP contribution in [0.4, 0.5) is 5.69 Å². The first-order valence-electron chi connectivity index (χ1n) is 6.64. The van der Waals surface area contributed by atoms with Crippen molar-refractivity contribution in [3.05, 3.63) is 29.8 Å². The Kier molecular flexibility index (Phi) is 3.88. The van der Waals surface area contributed by atoms with Gasteiger partial charge in [0.1, 0.15) is 0 Å². The highest BCUT2D eigenvalue weighted by Gasteiger charge is 2.32. The van der Waals surface area contributed by atoms with Crippen molar-refractivity contribution >= 4 is 17.5 Å². The number of hydrogen-bond acceptors (Lipinski definition) is 2. The first-order chi connectivity index (χ1) is 8.99. The largest absolute Gasteiger partial charge is 0.339 e. The molecule has 4 nitrogen and oxygen atoms in total. The highest BCUT2D eigenvalue weighted by atomic mass is 16.2. The van der Waals surface area contributed by atoms with Gasteiger partial charge in [-0.1, -0.05) is 0 Å². The molecular formula is C15H20N2O2. The summed E-state index contributed by atoms with van der Waals surface area (Å²) in [4.78, 5) is 25.0. The molecule has 1 N–H and O–H groups in total. The minimum atomic E-state index is -0.112. The minimum Gasteiger partial charge on any atom is -0.339 e. The lowest BCUT2D eigenvalue weighted by Crippen LogP contribution is -2.36. The van der Waals surface area contributed by atoms with E-state index in [1.807, 2.05) is 11.9 Å². The van der Waals surface area contributed by atoms with E-state index in [1.54, 1.807) is 24.3 Å². The van der Waals surface area contributed by atoms with E-state index in [9.17, 15) is 9.59 Å². The summed E-state index contributed by atoms with van der Waals surface area (Å²) in [7, 11) is 1.85. The van der Waals surface area contributed by atoms with Crippen LogP contribution in [0.3, 0.4) is 0 Å². The Bertz CT molecular complexity index is 477. The molecule has 1 aliphatic carbocycles. The van der Waals surface area contributed by atoms with Gasteiger partial charge in [-0.3, -0.25) is 9.59 Å². The molecule has 1 fully saturated rings. The molecule has 1 saturated carbocycles. The zero-order valence-electron chi connectivity index (χ0n) is 11.6. The van der Waals surface area contributed by atoms with Crippen LogP contribution in [0.1, 0.15) is 37.0 Å². The summed E-state index contributed by atoms with van der Waals surface area (Å²) in [5.41, 5.74) is 1.37. The fourth-order valence-corrected chi connectivity index (χ4v) is 2.18. The van der Waals surface area contributed by atoms with Crippen molar-refractivity contribution in [1.29, 1.82) is 0 Å². The van der Waals surface area contributed by atoms with Crippen molar-refractivity contribution in [3.63, 3.8) is 0 Å². The van der Waals surface area contributed by atoms with E-state index in [0.29, 0.717) is 23.2 Å². The van der Waals surface area contributed by atoms with E-state index in [1.165, 1.54) is 19.8 Å². The molecule has 102 valence electrons. The zero-order chi connectivity index (χ0) is 14.0. The van der Waals surface area contributed by atoms with Crippen molar-refractivity contribution < 1.29 is 9.59 Å². The third-order valence-corrected chi connectivity index (χ3v) is 3.69. The maximum atomic E-state index is 12.3. The summed E-state index contributed by atoms with van der Waals surface area (Å²) in [5.74, 6) is 0.583. The molecule has 1 aliphatic rings. The average molecular weight is 260 g/mol. The van der Waals surface area contributed by atoms with Gasteiger partial charge >= 0.3 is 0 Å². The molecule has 0 aromatic heterocycles. The van der Waals surface area contributed by atoms with Gasteiger partial charge in [-0.15, -0.1) is 0 Å². The van der Waals surface area contributed by atoms with Gasteiger partial charge in [0.05, 0.1) is 0 Å². The van der Waals surface area contributed by atoms with E-state index in [0.717, 1.165) is 0 Å². The fraction of sp³-hybridized carbons (Fsp3) is 0.467. The van der Waals surface area contributed by atoms with Crippen LogP contribution >= 0.6 is 0 Å². The third-order valence-electron chi connectivity index (χ3n) is 3.69. The summed E-state index contributed by atoms with van der Waals surface area (Å²) in [6.07, 6.45) is 2.44. The van der Waals surface area contributed by atoms with Crippen LogP contribution in [0.15, 0.2) is 24.3 Å². The van der Waals surface area contributed by atoms with Crippen LogP contribution in [-0.4, -0.2) is 29.8 Å². The molecule has 1 atom stereocenters. The van der Waals surface area contributed by atoms with Gasteiger partial charge in [-0.05, 0) is 49.9 Å². The van der Waals surface area contributed by atoms with E-state index in [-0.39, 0.29) is 11.8 Å². The number of nitrogens with one attached hydrogen (secondary N) is 1. The number of rotatable bonds is 4. The van der Waals surface area contributed by atoms with Gasteiger partial charge in [-0.25, -0.2) is 0 Å². The van der Waals surface area contributed by atoms with Crippen LogP contribution in [-0.2, 0) is 4.79 Å². The van der Waals surface area contributed by atoms with Gasteiger partial charge < -0.3 is 10.2 Å². The molecule has 1 unspecified atom stereocenters. The highest BCUT2D eigenvalue weighted by Crippen LogP contribution is 2.35. The van der Waals surface area contributed by atoms with Crippen molar-refractivity contribution in [2.75, 3.05) is 12.4 Å². The summed E-state index contributed by atoms with van der Waals surface area (Å²) in [6.45, 7) is 3.56. The van der Waals surface area contributed by atoms with Crippen LogP contribution in [0.25, 0.3) is 0 Å². The molecule has 0 heterocycles. The Balaban J connectivity index is 2.04. The predicted molar refractivity (Wildman–Crippen MR) is 75.0 cm³/mol. The SMILES string of the molecule is CC(=O)Nc1ccc(C(=O)N(C)C(C)C2CC2)cc1. The highest BCUT2D eigenvalue weighted by molar-refractivity contribution is 5.95. The van der Waals surface area contributed by atoms with E-state index in [2.05, 4.69) is 12.2 Å². The minimum absolute atomic E-state index is 0.0359. The molecule has 1 aromatic rings. The molecule has 0 aliphatic heterocycles. The van der Waals surface area contributed by atoms with Crippen LogP contribution in [0, 0.1) is 5.92 Å². The average Bonchev–Trinajstić information content (AvgIpc) is 3.20. The molecular weight excluding hydrogens is 240 g/mol. The van der Waals surface area contributed by atoms with Crippen LogP contribution < -0.4 is 5.32 Å². The first kappa shape index (κ1) is 13.6. The van der Waals surface area contributed by atoms with E-state index in [4.69, 9.17) is 0 Å². The maximum Gasteiger partial charge on any atom is 0.253 e. The van der Waals surface area contributed by atoms with Crippen LogP contribution in [0.5, 0.6) is 0 Å². The molecule has 0 spiro atoms. The molecule has 0 saturated heterocycles. The topological polar surface area (TPSA) is 49.4 Å². The fourth-order valence-electron chi connectivity index (χ4n) is 2.18. The number of amides is 2. The lowest BCUT2D eigenvalue weighted by Gasteiger charge is -2.25. The Morgan fingerprint density at radius 2 is 1.84 bits per heavy atom. The van der Waals surface area contributed by atoms with Gasteiger partial charge in [-0.2, -0.15) is 0 Å². The predicted octanol–water partition coefficient (Wildman–Crippen LogP) is 2.52. The Morgan fingerprint density at radius 3 is 2.32 bits per heavy atom. The normalized spacial score (nSPS) is 15.7. The molecule has 1 aromatic carbocycles. The lowest BCUT2D eigenvalue weighted by molar-refractivity contribution is -0.114. The van der Waals surface area contributed by atoms with Crippen LogP contribution in [0.2, 0.25) is 0 Å². The van der Waals surface area contributed by atoms with Crippen molar-refractivity contribution in [1.82, 2.24) is 4.90 Å². The Morgan fingerprint density at radius 1 is 1.26 bits per heavy atom. The second-order valence-electron chi connectivity index (χ2n) is 5.25. The molecule has 19 heavy (non-hydrogen) atoms. The standard InChI is InChI=1S/C15H20N2O2/c1-10(12-4-5-12)17(3)15(19)13-6-8-14(9-7-13)16-11(2)18/h6-10,12H,4-5H2,1-3H3,(H,16,18). The smallest absolute Gasteiger partial charge is 0.253 e. The maximum absolute atomic E-state index is 12.3. The Hall–Kier alpha value is -1.84. The summed E-state index contributed by atoms with van der Waals surface area (Å²) in [5, 5.41) is 2.69. The first-order valence-corrected chi connectivity index (χ1v) is 6.64. The van der Waals surface area contributed by atoms with Gasteiger partial charge in [0.25, 0.3) is 5.91 Å². The molecule has 4 heteroatoms. The number of nitrogens with zero attached hydrogens (tertiary/aromatic N) is 1. The number of benzene rings is 1. The van der Waals surface area contributed by atoms with Crippen molar-refractivity contribution in [2.45, 2.75) is 32.7 Å². The lowest BCUT2D eigenvalue weighted by atomic mass is 10.1. The number of anilines is 1. The van der Waals surface area contributed by atoms with Gasteiger partial charge in [0, 0.05) is 31.3 Å². The van der Waals surface area contributed by atoms with E-state index >= 15 is 0 Å². The third kappa shape index (κ3) is 3.34. The van der Waals surface area contributed by atoms with Gasteiger partial charge in [0.15, 0.2) is 0 Å². The Labute approximate surface area is 113 Å². The van der Waals surface area contributed by atoms with E-state index < -0.39 is 0 Å². The second kappa shape index (κ2) is 5.43. The number of carbonyl (C=O) groups is 2. The molecule has 0 bridgehead atoms. The van der Waals surface area contributed by atoms with Crippen molar-refractivity contribution in [2.24, 2.45) is 5.92 Å². The summed E-state index contributed by atoms with van der Waals surface area (Å²) in [6, 6.07) is 7.31. The molecule has 2 rings (SSSR count). The number of carbonyl (C=O) groups excluding carboxylic acids is 2. The summed E-state index contributed by atoms with van der Waals surface area (Å²) >= 11 is 0. The second-order valence-corrected chi connectivity index (χ2v) is 5.25. The quantitative estimate of drug-likeness (QED) is 0.904. The summed E-state index contributed by atoms with van der Waals surface area (Å²) < 4.78 is 0. The number of hydrogen-bond donors (Lipinski definition) is 1. The monoisotopic (exact) mass is 260 g/mol. The van der Waals surface area contributed by atoms with Crippen molar-refractivity contribution in [3.8, 4) is 0 Å². The van der Waals surface area contributed by atoms with Gasteiger partial charge in [0.2, 0.25) is 5.91 Å². The zero-order valence-corrected chi connectivity index (χ0v) is 11.6. The molecule has 0 radical (unpaired) electrons. The molecule has 2 amide bonds.